The Morgan fingerprint density at radius 3 is 1.74 bits per heavy atom. The average molecular weight is 285 g/mol. The van der Waals surface area contributed by atoms with Crippen molar-refractivity contribution in [2.45, 2.75) is 32.2 Å². The van der Waals surface area contributed by atoms with E-state index in [1.54, 1.807) is 13.8 Å². The molecule has 0 bridgehead atoms. The molecule has 1 rings (SSSR count). The minimum Gasteiger partial charge on any atom is -0.324 e. The van der Waals surface area contributed by atoms with Crippen molar-refractivity contribution in [2.75, 3.05) is 0 Å². The SMILES string of the molecule is CC(C)C(N)c1ccc(C(F)(F)F)c(C(F)(F)F)c1. The molecule has 108 valence electrons. The first-order valence-corrected chi connectivity index (χ1v) is 5.48. The third-order valence-electron chi connectivity index (χ3n) is 2.76. The van der Waals surface area contributed by atoms with Crippen molar-refractivity contribution in [3.63, 3.8) is 0 Å². The molecule has 0 saturated heterocycles. The van der Waals surface area contributed by atoms with Gasteiger partial charge in [-0.15, -0.1) is 0 Å². The van der Waals surface area contributed by atoms with E-state index in [9.17, 15) is 26.3 Å². The monoisotopic (exact) mass is 285 g/mol. The smallest absolute Gasteiger partial charge is 0.324 e. The predicted octanol–water partition coefficient (Wildman–Crippen LogP) is 4.38. The summed E-state index contributed by atoms with van der Waals surface area (Å²) >= 11 is 0. The van der Waals surface area contributed by atoms with Crippen LogP contribution in [0.3, 0.4) is 0 Å². The van der Waals surface area contributed by atoms with E-state index in [4.69, 9.17) is 5.73 Å². The lowest BCUT2D eigenvalue weighted by Crippen LogP contribution is -2.21. The lowest BCUT2D eigenvalue weighted by molar-refractivity contribution is -0.162. The highest BCUT2D eigenvalue weighted by atomic mass is 19.4. The van der Waals surface area contributed by atoms with Crippen LogP contribution in [0, 0.1) is 5.92 Å². The van der Waals surface area contributed by atoms with Gasteiger partial charge in [-0.3, -0.25) is 0 Å². The van der Waals surface area contributed by atoms with E-state index in [1.807, 2.05) is 0 Å². The molecular formula is C12H13F6N. The number of hydrogen-bond donors (Lipinski definition) is 1. The number of halogens is 6. The van der Waals surface area contributed by atoms with Crippen molar-refractivity contribution >= 4 is 0 Å². The second-order valence-electron chi connectivity index (χ2n) is 4.57. The number of nitrogens with two attached hydrogens (primary N) is 1. The molecule has 19 heavy (non-hydrogen) atoms. The van der Waals surface area contributed by atoms with Crippen LogP contribution in [-0.4, -0.2) is 0 Å². The normalized spacial score (nSPS) is 14.8. The highest BCUT2D eigenvalue weighted by Gasteiger charge is 2.43. The van der Waals surface area contributed by atoms with Crippen molar-refractivity contribution in [3.8, 4) is 0 Å². The standard InChI is InChI=1S/C12H13F6N/c1-6(2)10(19)7-3-4-8(11(13,14)15)9(5-7)12(16,17)18/h3-6,10H,19H2,1-2H3. The molecule has 0 spiro atoms. The summed E-state index contributed by atoms with van der Waals surface area (Å²) in [5, 5.41) is 0. The van der Waals surface area contributed by atoms with Gasteiger partial charge in [0.25, 0.3) is 0 Å². The van der Waals surface area contributed by atoms with Gasteiger partial charge in [-0.25, -0.2) is 0 Å². The number of benzene rings is 1. The highest BCUT2D eigenvalue weighted by molar-refractivity contribution is 5.37. The number of rotatable bonds is 2. The summed E-state index contributed by atoms with van der Waals surface area (Å²) in [4.78, 5) is 0. The summed E-state index contributed by atoms with van der Waals surface area (Å²) in [5.41, 5.74) is 2.30. The van der Waals surface area contributed by atoms with E-state index >= 15 is 0 Å². The lowest BCUT2D eigenvalue weighted by Gasteiger charge is -2.20. The maximum Gasteiger partial charge on any atom is 0.417 e. The molecule has 1 aromatic rings. The zero-order valence-electron chi connectivity index (χ0n) is 10.2. The molecule has 0 saturated carbocycles. The van der Waals surface area contributed by atoms with Crippen LogP contribution in [0.5, 0.6) is 0 Å². The van der Waals surface area contributed by atoms with Gasteiger partial charge < -0.3 is 5.73 Å². The highest BCUT2D eigenvalue weighted by Crippen LogP contribution is 2.41. The Labute approximate surface area is 106 Å². The Bertz CT molecular complexity index is 447. The minimum atomic E-state index is -5.07. The largest absolute Gasteiger partial charge is 0.417 e. The van der Waals surface area contributed by atoms with Gasteiger partial charge in [0.05, 0.1) is 11.1 Å². The molecule has 0 fully saturated rings. The molecule has 0 aromatic heterocycles. The van der Waals surface area contributed by atoms with E-state index in [0.717, 1.165) is 6.07 Å². The van der Waals surface area contributed by atoms with E-state index in [-0.39, 0.29) is 11.5 Å². The Morgan fingerprint density at radius 1 is 0.895 bits per heavy atom. The quantitative estimate of drug-likeness (QED) is 0.802. The van der Waals surface area contributed by atoms with Crippen molar-refractivity contribution in [1.82, 2.24) is 0 Å². The molecule has 0 aliphatic carbocycles. The molecule has 0 aliphatic heterocycles. The Balaban J connectivity index is 3.40. The van der Waals surface area contributed by atoms with Crippen LogP contribution in [0.1, 0.15) is 36.6 Å². The van der Waals surface area contributed by atoms with Gasteiger partial charge in [0, 0.05) is 6.04 Å². The molecule has 7 heteroatoms. The van der Waals surface area contributed by atoms with Crippen LogP contribution in [0.2, 0.25) is 0 Å². The molecule has 1 aromatic carbocycles. The van der Waals surface area contributed by atoms with Gasteiger partial charge in [0.15, 0.2) is 0 Å². The Morgan fingerprint density at radius 2 is 1.37 bits per heavy atom. The molecule has 1 unspecified atom stereocenters. The molecule has 0 radical (unpaired) electrons. The zero-order chi connectivity index (χ0) is 15.0. The predicted molar refractivity (Wildman–Crippen MR) is 58.2 cm³/mol. The summed E-state index contributed by atoms with van der Waals surface area (Å²) in [5.74, 6) is -0.183. The van der Waals surface area contributed by atoms with E-state index in [0.29, 0.717) is 12.1 Å². The first kappa shape index (κ1) is 15.8. The Hall–Kier alpha value is -1.24. The Kier molecular flexibility index (Phi) is 4.19. The first-order chi connectivity index (χ1) is 8.44. The topological polar surface area (TPSA) is 26.0 Å². The molecular weight excluding hydrogens is 272 g/mol. The minimum absolute atomic E-state index is 0.0373. The maximum atomic E-state index is 12.7. The van der Waals surface area contributed by atoms with Crippen LogP contribution in [0.15, 0.2) is 18.2 Å². The van der Waals surface area contributed by atoms with Crippen molar-refractivity contribution < 1.29 is 26.3 Å². The third-order valence-corrected chi connectivity index (χ3v) is 2.76. The fraction of sp³-hybridized carbons (Fsp3) is 0.500. The van der Waals surface area contributed by atoms with Crippen LogP contribution in [0.25, 0.3) is 0 Å². The molecule has 0 amide bonds. The van der Waals surface area contributed by atoms with Crippen molar-refractivity contribution in [1.29, 1.82) is 0 Å². The van der Waals surface area contributed by atoms with Crippen molar-refractivity contribution in [3.05, 3.63) is 34.9 Å². The summed E-state index contributed by atoms with van der Waals surface area (Å²) in [7, 11) is 0. The van der Waals surface area contributed by atoms with E-state index < -0.39 is 29.5 Å². The summed E-state index contributed by atoms with van der Waals surface area (Å²) in [6.07, 6.45) is -10.1. The van der Waals surface area contributed by atoms with Gasteiger partial charge in [-0.2, -0.15) is 26.3 Å². The molecule has 1 atom stereocenters. The van der Waals surface area contributed by atoms with Crippen LogP contribution in [-0.2, 0) is 12.4 Å². The van der Waals surface area contributed by atoms with E-state index in [1.165, 1.54) is 0 Å². The van der Waals surface area contributed by atoms with Crippen LogP contribution in [0.4, 0.5) is 26.3 Å². The fourth-order valence-electron chi connectivity index (χ4n) is 1.64. The van der Waals surface area contributed by atoms with Gasteiger partial charge in [0.2, 0.25) is 0 Å². The first-order valence-electron chi connectivity index (χ1n) is 5.48. The molecule has 1 nitrogen and oxygen atoms in total. The average Bonchev–Trinajstić information content (AvgIpc) is 2.24. The lowest BCUT2D eigenvalue weighted by atomic mass is 9.93. The molecule has 0 aliphatic rings. The van der Waals surface area contributed by atoms with E-state index in [2.05, 4.69) is 0 Å². The second kappa shape index (κ2) is 5.03. The second-order valence-corrected chi connectivity index (χ2v) is 4.57. The summed E-state index contributed by atoms with van der Waals surface area (Å²) in [6, 6.07) is 1.15. The zero-order valence-corrected chi connectivity index (χ0v) is 10.2. The van der Waals surface area contributed by atoms with Gasteiger partial charge >= 0.3 is 12.4 Å². The maximum absolute atomic E-state index is 12.7. The molecule has 2 N–H and O–H groups in total. The van der Waals surface area contributed by atoms with Crippen molar-refractivity contribution in [2.24, 2.45) is 11.7 Å². The van der Waals surface area contributed by atoms with Gasteiger partial charge in [-0.05, 0) is 23.6 Å². The summed E-state index contributed by atoms with van der Waals surface area (Å²) in [6.45, 7) is 3.35. The van der Waals surface area contributed by atoms with Gasteiger partial charge in [-0.1, -0.05) is 19.9 Å². The fourth-order valence-corrected chi connectivity index (χ4v) is 1.64. The van der Waals surface area contributed by atoms with Gasteiger partial charge in [0.1, 0.15) is 0 Å². The molecule has 0 heterocycles. The number of hydrogen-bond acceptors (Lipinski definition) is 1. The van der Waals surface area contributed by atoms with Crippen LogP contribution < -0.4 is 5.73 Å². The van der Waals surface area contributed by atoms with Crippen LogP contribution >= 0.6 is 0 Å². The number of alkyl halides is 6. The summed E-state index contributed by atoms with van der Waals surface area (Å²) < 4.78 is 75.7. The third kappa shape index (κ3) is 3.62.